The van der Waals surface area contributed by atoms with Gasteiger partial charge in [-0.15, -0.1) is 11.3 Å². The fourth-order valence-corrected chi connectivity index (χ4v) is 3.68. The molecule has 1 heterocycles. The second-order valence-corrected chi connectivity index (χ2v) is 6.22. The van der Waals surface area contributed by atoms with E-state index in [1.54, 1.807) is 25.3 Å². The highest BCUT2D eigenvalue weighted by Crippen LogP contribution is 2.29. The lowest BCUT2D eigenvalue weighted by molar-refractivity contribution is -0.143. The normalized spacial score (nSPS) is 14.3. The van der Waals surface area contributed by atoms with Gasteiger partial charge in [0.05, 0.1) is 11.5 Å². The molecule has 0 saturated heterocycles. The van der Waals surface area contributed by atoms with Crippen molar-refractivity contribution in [3.63, 3.8) is 0 Å². The van der Waals surface area contributed by atoms with Crippen molar-refractivity contribution >= 4 is 23.2 Å². The molecule has 1 aromatic heterocycles. The molecule has 0 radical (unpaired) electrons. The number of amides is 1. The summed E-state index contributed by atoms with van der Waals surface area (Å²) >= 11 is 1.58. The van der Waals surface area contributed by atoms with Gasteiger partial charge >= 0.3 is 5.97 Å². The van der Waals surface area contributed by atoms with Gasteiger partial charge in [0.1, 0.15) is 6.54 Å². The highest BCUT2D eigenvalue weighted by molar-refractivity contribution is 7.14. The van der Waals surface area contributed by atoms with E-state index in [4.69, 9.17) is 4.74 Å². The van der Waals surface area contributed by atoms with Crippen molar-refractivity contribution in [1.82, 2.24) is 4.90 Å². The van der Waals surface area contributed by atoms with Crippen molar-refractivity contribution in [3.8, 4) is 0 Å². The van der Waals surface area contributed by atoms with E-state index >= 15 is 0 Å². The van der Waals surface area contributed by atoms with Gasteiger partial charge in [-0.25, -0.2) is 0 Å². The summed E-state index contributed by atoms with van der Waals surface area (Å²) in [6, 6.07) is 2.01. The van der Waals surface area contributed by atoms with Gasteiger partial charge in [-0.2, -0.15) is 0 Å². The van der Waals surface area contributed by atoms with Crippen molar-refractivity contribution in [2.45, 2.75) is 39.0 Å². The first-order valence-electron chi connectivity index (χ1n) is 7.14. The van der Waals surface area contributed by atoms with Crippen LogP contribution < -0.4 is 0 Å². The maximum absolute atomic E-state index is 12.3. The van der Waals surface area contributed by atoms with Crippen LogP contribution in [0.25, 0.3) is 0 Å². The molecular formula is C15H21NO3S. The number of esters is 1. The van der Waals surface area contributed by atoms with E-state index in [1.807, 2.05) is 6.07 Å². The van der Waals surface area contributed by atoms with Crippen LogP contribution >= 0.6 is 11.3 Å². The summed E-state index contributed by atoms with van der Waals surface area (Å²) in [4.78, 5) is 27.2. The Balaban J connectivity index is 2.03. The third-order valence-corrected chi connectivity index (χ3v) is 4.70. The topological polar surface area (TPSA) is 46.6 Å². The molecule has 5 heteroatoms. The average molecular weight is 295 g/mol. The Morgan fingerprint density at radius 1 is 1.30 bits per heavy atom. The monoisotopic (exact) mass is 295 g/mol. The molecule has 1 amide bonds. The van der Waals surface area contributed by atoms with E-state index in [-0.39, 0.29) is 18.4 Å². The van der Waals surface area contributed by atoms with Crippen LogP contribution in [0.5, 0.6) is 0 Å². The Kier molecular flexibility index (Phi) is 5.17. The number of hydrogen-bond donors (Lipinski definition) is 0. The number of carbonyl (C=O) groups is 2. The minimum Gasteiger partial charge on any atom is -0.465 e. The Bertz CT molecular complexity index is 472. The van der Waals surface area contributed by atoms with Gasteiger partial charge in [-0.3, -0.25) is 9.59 Å². The number of nitrogens with zero attached hydrogens (tertiary/aromatic N) is 1. The lowest BCUT2D eigenvalue weighted by Gasteiger charge is -2.14. The van der Waals surface area contributed by atoms with E-state index in [0.717, 1.165) is 17.7 Å². The number of carbonyl (C=O) groups excluding carboxylic acids is 2. The third kappa shape index (κ3) is 3.60. The van der Waals surface area contributed by atoms with E-state index in [2.05, 4.69) is 0 Å². The standard InChI is InChI=1S/C15H21NO3S/c1-3-19-14(17)10-16(2)15(18)13-9-11-7-5-4-6-8-12(11)20-13/h9H,3-8,10H2,1-2H3. The summed E-state index contributed by atoms with van der Waals surface area (Å²) in [6.07, 6.45) is 5.83. The molecule has 1 aliphatic rings. The molecule has 0 saturated carbocycles. The molecule has 110 valence electrons. The van der Waals surface area contributed by atoms with Gasteiger partial charge in [0, 0.05) is 11.9 Å². The summed E-state index contributed by atoms with van der Waals surface area (Å²) in [7, 11) is 1.64. The number of thiophene rings is 1. The molecule has 0 bridgehead atoms. The number of aryl methyl sites for hydroxylation is 2. The lowest BCUT2D eigenvalue weighted by atomic mass is 10.1. The smallest absolute Gasteiger partial charge is 0.325 e. The zero-order chi connectivity index (χ0) is 14.5. The largest absolute Gasteiger partial charge is 0.465 e. The molecule has 0 aromatic carbocycles. The van der Waals surface area contributed by atoms with Gasteiger partial charge in [0.15, 0.2) is 0 Å². The summed E-state index contributed by atoms with van der Waals surface area (Å²) in [6.45, 7) is 2.11. The highest BCUT2D eigenvalue weighted by atomic mass is 32.1. The minimum atomic E-state index is -0.360. The van der Waals surface area contributed by atoms with Crippen LogP contribution in [0.15, 0.2) is 6.07 Å². The molecule has 4 nitrogen and oxygen atoms in total. The Morgan fingerprint density at radius 3 is 2.80 bits per heavy atom. The molecule has 0 atom stereocenters. The molecule has 1 aromatic rings. The molecule has 20 heavy (non-hydrogen) atoms. The summed E-state index contributed by atoms with van der Waals surface area (Å²) in [5.41, 5.74) is 1.32. The van der Waals surface area contributed by atoms with Crippen LogP contribution in [-0.2, 0) is 22.4 Å². The number of fused-ring (bicyclic) bond motifs is 1. The Morgan fingerprint density at radius 2 is 2.05 bits per heavy atom. The van der Waals surface area contributed by atoms with Crippen LogP contribution in [0.4, 0.5) is 0 Å². The predicted molar refractivity (Wildman–Crippen MR) is 79.2 cm³/mol. The molecule has 0 aliphatic heterocycles. The summed E-state index contributed by atoms with van der Waals surface area (Å²) < 4.78 is 4.87. The van der Waals surface area contributed by atoms with Gasteiger partial charge in [-0.05, 0) is 44.2 Å². The molecule has 0 fully saturated rings. The molecule has 2 rings (SSSR count). The summed E-state index contributed by atoms with van der Waals surface area (Å²) in [5.74, 6) is -0.447. The average Bonchev–Trinajstić information content (AvgIpc) is 2.69. The number of ether oxygens (including phenoxy) is 1. The maximum Gasteiger partial charge on any atom is 0.325 e. The second-order valence-electron chi connectivity index (χ2n) is 5.09. The van der Waals surface area contributed by atoms with E-state index in [9.17, 15) is 9.59 Å². The fourth-order valence-electron chi connectivity index (χ4n) is 2.43. The Labute approximate surface area is 123 Å². The quantitative estimate of drug-likeness (QED) is 0.634. The van der Waals surface area contributed by atoms with E-state index in [0.29, 0.717) is 6.61 Å². The highest BCUT2D eigenvalue weighted by Gasteiger charge is 2.20. The lowest BCUT2D eigenvalue weighted by Crippen LogP contribution is -2.32. The SMILES string of the molecule is CCOC(=O)CN(C)C(=O)c1cc2c(s1)CCCCC2. The summed E-state index contributed by atoms with van der Waals surface area (Å²) in [5, 5.41) is 0. The number of likely N-dealkylation sites (N-methyl/N-ethyl adjacent to an activating group) is 1. The predicted octanol–water partition coefficient (Wildman–Crippen LogP) is 2.65. The van der Waals surface area contributed by atoms with Crippen molar-refractivity contribution < 1.29 is 14.3 Å². The third-order valence-electron chi connectivity index (χ3n) is 3.48. The van der Waals surface area contributed by atoms with Gasteiger partial charge in [0.2, 0.25) is 0 Å². The molecule has 0 N–H and O–H groups in total. The first-order valence-corrected chi connectivity index (χ1v) is 7.96. The van der Waals surface area contributed by atoms with Gasteiger partial charge in [-0.1, -0.05) is 6.42 Å². The van der Waals surface area contributed by atoms with Crippen LogP contribution in [0, 0.1) is 0 Å². The van der Waals surface area contributed by atoms with Crippen molar-refractivity contribution in [2.75, 3.05) is 20.2 Å². The van der Waals surface area contributed by atoms with Crippen molar-refractivity contribution in [1.29, 1.82) is 0 Å². The first kappa shape index (κ1) is 15.0. The van der Waals surface area contributed by atoms with Crippen LogP contribution in [0.1, 0.15) is 46.3 Å². The minimum absolute atomic E-state index is 0.00917. The van der Waals surface area contributed by atoms with Gasteiger partial charge < -0.3 is 9.64 Å². The van der Waals surface area contributed by atoms with Crippen LogP contribution in [0.3, 0.4) is 0 Å². The Hall–Kier alpha value is -1.36. The second kappa shape index (κ2) is 6.88. The first-order chi connectivity index (χ1) is 9.61. The zero-order valence-corrected chi connectivity index (χ0v) is 12.9. The van der Waals surface area contributed by atoms with Crippen LogP contribution in [-0.4, -0.2) is 37.0 Å². The zero-order valence-electron chi connectivity index (χ0n) is 12.1. The van der Waals surface area contributed by atoms with Crippen molar-refractivity contribution in [3.05, 3.63) is 21.4 Å². The fraction of sp³-hybridized carbons (Fsp3) is 0.600. The van der Waals surface area contributed by atoms with Gasteiger partial charge in [0.25, 0.3) is 5.91 Å². The molecule has 0 unspecified atom stereocenters. The van der Waals surface area contributed by atoms with Crippen molar-refractivity contribution in [2.24, 2.45) is 0 Å². The van der Waals surface area contributed by atoms with Crippen LogP contribution in [0.2, 0.25) is 0 Å². The maximum atomic E-state index is 12.3. The van der Waals surface area contributed by atoms with E-state index < -0.39 is 0 Å². The number of hydrogen-bond acceptors (Lipinski definition) is 4. The molecule has 0 spiro atoms. The number of rotatable bonds is 4. The molecule has 1 aliphatic carbocycles. The van der Waals surface area contributed by atoms with E-state index in [1.165, 1.54) is 34.6 Å². The molecular weight excluding hydrogens is 274 g/mol.